The van der Waals surface area contributed by atoms with Gasteiger partial charge in [0, 0.05) is 24.9 Å². The molecule has 1 aliphatic carbocycles. The molecule has 0 aromatic heterocycles. The number of guanidine groups is 1. The molecule has 138 valence electrons. The summed E-state index contributed by atoms with van der Waals surface area (Å²) in [4.78, 5) is 4.36. The van der Waals surface area contributed by atoms with E-state index in [0.717, 1.165) is 30.7 Å². The minimum absolute atomic E-state index is 0.219. The lowest BCUT2D eigenvalue weighted by Crippen LogP contribution is -2.23. The van der Waals surface area contributed by atoms with Gasteiger partial charge in [0.15, 0.2) is 5.96 Å². The Morgan fingerprint density at radius 2 is 2.12 bits per heavy atom. The first-order chi connectivity index (χ1) is 12.8. The molecule has 0 saturated heterocycles. The standard InChI is InChI=1S/C21H27N3O2/c1-25-18-10-5-9-17(15-18)24-21(22)23-13-6-14-26-20-12-4-8-16-7-2-3-11-19(16)20/h2-3,5,7,9-11,15,20H,4,6,8,12-14H2,1H3,(H3,22,23,24). The fourth-order valence-corrected chi connectivity index (χ4v) is 3.26. The van der Waals surface area contributed by atoms with Crippen molar-refractivity contribution in [2.45, 2.75) is 31.8 Å². The van der Waals surface area contributed by atoms with E-state index in [-0.39, 0.29) is 6.10 Å². The molecule has 0 aliphatic heterocycles. The molecule has 1 atom stereocenters. The van der Waals surface area contributed by atoms with E-state index in [9.17, 15) is 0 Å². The van der Waals surface area contributed by atoms with Gasteiger partial charge in [0.1, 0.15) is 5.75 Å². The smallest absolute Gasteiger partial charge is 0.193 e. The van der Waals surface area contributed by atoms with Crippen LogP contribution in [0.4, 0.5) is 5.69 Å². The maximum Gasteiger partial charge on any atom is 0.193 e. The van der Waals surface area contributed by atoms with E-state index in [1.807, 2.05) is 24.3 Å². The van der Waals surface area contributed by atoms with Crippen LogP contribution in [0.3, 0.4) is 0 Å². The summed E-state index contributed by atoms with van der Waals surface area (Å²) < 4.78 is 11.3. The molecular weight excluding hydrogens is 326 g/mol. The molecular formula is C21H27N3O2. The van der Waals surface area contributed by atoms with Crippen LogP contribution >= 0.6 is 0 Å². The Morgan fingerprint density at radius 1 is 1.23 bits per heavy atom. The first kappa shape index (κ1) is 18.3. The third-order valence-corrected chi connectivity index (χ3v) is 4.56. The number of nitrogens with two attached hydrogens (primary N) is 1. The van der Waals surface area contributed by atoms with Gasteiger partial charge in [-0.1, -0.05) is 30.3 Å². The Labute approximate surface area is 155 Å². The van der Waals surface area contributed by atoms with Crippen molar-refractivity contribution in [1.29, 1.82) is 0 Å². The van der Waals surface area contributed by atoms with Crippen molar-refractivity contribution in [2.24, 2.45) is 10.7 Å². The van der Waals surface area contributed by atoms with Crippen LogP contribution in [-0.4, -0.2) is 26.2 Å². The number of hydrogen-bond donors (Lipinski definition) is 2. The lowest BCUT2D eigenvalue weighted by atomic mass is 9.89. The van der Waals surface area contributed by atoms with Gasteiger partial charge >= 0.3 is 0 Å². The van der Waals surface area contributed by atoms with E-state index in [1.165, 1.54) is 17.5 Å². The average molecular weight is 353 g/mol. The predicted octanol–water partition coefficient (Wildman–Crippen LogP) is 3.91. The summed E-state index contributed by atoms with van der Waals surface area (Å²) >= 11 is 0. The van der Waals surface area contributed by atoms with Crippen molar-refractivity contribution in [3.05, 3.63) is 59.7 Å². The van der Waals surface area contributed by atoms with Gasteiger partial charge < -0.3 is 20.5 Å². The van der Waals surface area contributed by atoms with Crippen LogP contribution in [0.5, 0.6) is 5.75 Å². The number of fused-ring (bicyclic) bond motifs is 1. The molecule has 5 heteroatoms. The SMILES string of the molecule is COc1cccc(NC(N)=NCCCOC2CCCc3ccccc32)c1. The van der Waals surface area contributed by atoms with Crippen LogP contribution in [0, 0.1) is 0 Å². The Balaban J connectivity index is 1.42. The van der Waals surface area contributed by atoms with Crippen molar-refractivity contribution in [3.8, 4) is 5.75 Å². The van der Waals surface area contributed by atoms with E-state index in [1.54, 1.807) is 7.11 Å². The van der Waals surface area contributed by atoms with Crippen LogP contribution in [0.2, 0.25) is 0 Å². The topological polar surface area (TPSA) is 68.9 Å². The quantitative estimate of drug-likeness (QED) is 0.450. The lowest BCUT2D eigenvalue weighted by molar-refractivity contribution is 0.0403. The maximum absolute atomic E-state index is 6.09. The molecule has 3 N–H and O–H groups in total. The molecule has 2 aromatic carbocycles. The second kappa shape index (κ2) is 9.25. The Morgan fingerprint density at radius 3 is 3.00 bits per heavy atom. The summed E-state index contributed by atoms with van der Waals surface area (Å²) in [5.41, 5.74) is 9.58. The highest BCUT2D eigenvalue weighted by molar-refractivity contribution is 5.92. The molecule has 0 fully saturated rings. The fourth-order valence-electron chi connectivity index (χ4n) is 3.26. The number of aliphatic imine (C=N–C) groups is 1. The van der Waals surface area contributed by atoms with Crippen molar-refractivity contribution >= 4 is 11.6 Å². The Kier molecular flexibility index (Phi) is 6.50. The number of ether oxygens (including phenoxy) is 2. The molecule has 5 nitrogen and oxygen atoms in total. The average Bonchev–Trinajstić information content (AvgIpc) is 2.68. The molecule has 0 heterocycles. The molecule has 0 radical (unpaired) electrons. The highest BCUT2D eigenvalue weighted by atomic mass is 16.5. The predicted molar refractivity (Wildman–Crippen MR) is 106 cm³/mol. The lowest BCUT2D eigenvalue weighted by Gasteiger charge is -2.25. The molecule has 3 rings (SSSR count). The second-order valence-electron chi connectivity index (χ2n) is 6.43. The third-order valence-electron chi connectivity index (χ3n) is 4.56. The number of methoxy groups -OCH3 is 1. The fraction of sp³-hybridized carbons (Fsp3) is 0.381. The first-order valence-corrected chi connectivity index (χ1v) is 9.16. The van der Waals surface area contributed by atoms with Gasteiger partial charge in [0.05, 0.1) is 13.2 Å². The molecule has 1 aliphatic rings. The van der Waals surface area contributed by atoms with Crippen LogP contribution in [0.1, 0.15) is 36.5 Å². The van der Waals surface area contributed by atoms with E-state index in [0.29, 0.717) is 19.1 Å². The zero-order chi connectivity index (χ0) is 18.2. The number of nitrogens with zero attached hydrogens (tertiary/aromatic N) is 1. The largest absolute Gasteiger partial charge is 0.497 e. The monoisotopic (exact) mass is 353 g/mol. The van der Waals surface area contributed by atoms with Gasteiger partial charge in [-0.05, 0) is 48.9 Å². The van der Waals surface area contributed by atoms with Crippen LogP contribution in [0.25, 0.3) is 0 Å². The zero-order valence-corrected chi connectivity index (χ0v) is 15.3. The van der Waals surface area contributed by atoms with E-state index in [2.05, 4.69) is 34.6 Å². The molecule has 0 spiro atoms. The van der Waals surface area contributed by atoms with E-state index < -0.39 is 0 Å². The number of aryl methyl sites for hydroxylation is 1. The molecule has 1 unspecified atom stereocenters. The van der Waals surface area contributed by atoms with Gasteiger partial charge in [0.2, 0.25) is 0 Å². The number of rotatable bonds is 7. The van der Waals surface area contributed by atoms with Crippen LogP contribution in [0.15, 0.2) is 53.5 Å². The summed E-state index contributed by atoms with van der Waals surface area (Å²) in [5, 5.41) is 3.08. The number of anilines is 1. The first-order valence-electron chi connectivity index (χ1n) is 9.16. The summed E-state index contributed by atoms with van der Waals surface area (Å²) in [5.74, 6) is 1.19. The van der Waals surface area contributed by atoms with Gasteiger partial charge in [-0.25, -0.2) is 0 Å². The summed E-state index contributed by atoms with van der Waals surface area (Å²) in [7, 11) is 1.64. The van der Waals surface area contributed by atoms with E-state index in [4.69, 9.17) is 15.2 Å². The normalized spacial score (nSPS) is 16.8. The minimum Gasteiger partial charge on any atom is -0.497 e. The summed E-state index contributed by atoms with van der Waals surface area (Å²) in [6.07, 6.45) is 4.51. The van der Waals surface area contributed by atoms with Gasteiger partial charge in [-0.3, -0.25) is 4.99 Å². The molecule has 2 aromatic rings. The maximum atomic E-state index is 6.09. The molecule has 26 heavy (non-hydrogen) atoms. The third kappa shape index (κ3) is 4.99. The van der Waals surface area contributed by atoms with E-state index >= 15 is 0 Å². The molecule has 0 amide bonds. The van der Waals surface area contributed by atoms with Crippen molar-refractivity contribution in [3.63, 3.8) is 0 Å². The number of hydrogen-bond acceptors (Lipinski definition) is 3. The number of nitrogens with one attached hydrogen (secondary N) is 1. The Bertz CT molecular complexity index is 746. The molecule has 0 bridgehead atoms. The number of benzene rings is 2. The van der Waals surface area contributed by atoms with Gasteiger partial charge in [0.25, 0.3) is 0 Å². The van der Waals surface area contributed by atoms with Crippen molar-refractivity contribution < 1.29 is 9.47 Å². The summed E-state index contributed by atoms with van der Waals surface area (Å²) in [6, 6.07) is 16.2. The highest BCUT2D eigenvalue weighted by Gasteiger charge is 2.19. The van der Waals surface area contributed by atoms with Gasteiger partial charge in [-0.2, -0.15) is 0 Å². The van der Waals surface area contributed by atoms with Crippen molar-refractivity contribution in [1.82, 2.24) is 0 Å². The highest BCUT2D eigenvalue weighted by Crippen LogP contribution is 2.32. The van der Waals surface area contributed by atoms with Crippen molar-refractivity contribution in [2.75, 3.05) is 25.6 Å². The van der Waals surface area contributed by atoms with Gasteiger partial charge in [-0.15, -0.1) is 0 Å². The second-order valence-corrected chi connectivity index (χ2v) is 6.43. The summed E-state index contributed by atoms with van der Waals surface area (Å²) in [6.45, 7) is 1.33. The van der Waals surface area contributed by atoms with Crippen LogP contribution < -0.4 is 15.8 Å². The zero-order valence-electron chi connectivity index (χ0n) is 15.3. The molecule has 0 saturated carbocycles. The van der Waals surface area contributed by atoms with Crippen LogP contribution in [-0.2, 0) is 11.2 Å². The Hall–Kier alpha value is -2.53. The minimum atomic E-state index is 0.219.